The fourth-order valence-corrected chi connectivity index (χ4v) is 3.17. The van der Waals surface area contributed by atoms with Crippen molar-refractivity contribution in [1.29, 1.82) is 0 Å². The van der Waals surface area contributed by atoms with E-state index >= 15 is 0 Å². The molecular weight excluding hydrogens is 282 g/mol. The van der Waals surface area contributed by atoms with Crippen molar-refractivity contribution in [1.82, 2.24) is 15.5 Å². The summed E-state index contributed by atoms with van der Waals surface area (Å²) < 4.78 is 5.09. The van der Waals surface area contributed by atoms with Crippen LogP contribution in [0.1, 0.15) is 31.2 Å². The number of hydrogen-bond acceptors (Lipinski definition) is 4. The highest BCUT2D eigenvalue weighted by molar-refractivity contribution is 5.90. The number of piperidine rings is 1. The largest absolute Gasteiger partial charge is 0.472 e. The summed E-state index contributed by atoms with van der Waals surface area (Å²) in [5.74, 6) is 0.473. The lowest BCUT2D eigenvalue weighted by molar-refractivity contribution is -0.125. The highest BCUT2D eigenvalue weighted by atomic mass is 16.3. The Hall–Kier alpha value is -1.82. The van der Waals surface area contributed by atoms with Crippen molar-refractivity contribution < 1.29 is 14.0 Å². The fraction of sp³-hybridized carbons (Fsp3) is 0.625. The van der Waals surface area contributed by atoms with E-state index in [1.807, 2.05) is 6.07 Å². The van der Waals surface area contributed by atoms with Crippen LogP contribution in [0, 0.1) is 5.92 Å². The summed E-state index contributed by atoms with van der Waals surface area (Å²) in [5, 5.41) is 5.69. The Morgan fingerprint density at radius 2 is 2.18 bits per heavy atom. The molecule has 0 aromatic carbocycles. The first-order valence-electron chi connectivity index (χ1n) is 8.01. The van der Waals surface area contributed by atoms with E-state index in [1.54, 1.807) is 12.5 Å². The van der Waals surface area contributed by atoms with Crippen LogP contribution in [0.15, 0.2) is 23.0 Å². The molecule has 6 heteroatoms. The third-order valence-electron chi connectivity index (χ3n) is 4.57. The maximum absolute atomic E-state index is 12.0. The van der Waals surface area contributed by atoms with Gasteiger partial charge in [-0.2, -0.15) is 0 Å². The second-order valence-corrected chi connectivity index (χ2v) is 6.26. The van der Waals surface area contributed by atoms with Crippen molar-refractivity contribution in [3.8, 4) is 0 Å². The molecule has 3 heterocycles. The number of nitrogens with one attached hydrogen (secondary N) is 2. The second-order valence-electron chi connectivity index (χ2n) is 6.26. The van der Waals surface area contributed by atoms with Gasteiger partial charge in [-0.3, -0.25) is 14.5 Å². The molecule has 2 aliphatic heterocycles. The number of carbonyl (C=O) groups is 2. The molecule has 2 N–H and O–H groups in total. The Morgan fingerprint density at radius 3 is 2.82 bits per heavy atom. The quantitative estimate of drug-likeness (QED) is 0.847. The van der Waals surface area contributed by atoms with Crippen molar-refractivity contribution in [2.24, 2.45) is 5.92 Å². The van der Waals surface area contributed by atoms with E-state index in [2.05, 4.69) is 15.5 Å². The molecule has 0 bridgehead atoms. The summed E-state index contributed by atoms with van der Waals surface area (Å²) in [7, 11) is 0. The molecule has 1 atom stereocenters. The Bertz CT molecular complexity index is 507. The highest BCUT2D eigenvalue weighted by Crippen LogP contribution is 2.18. The standard InChI is InChI=1S/C16H23N3O3/c20-15-2-1-14(18-15)16(21)17-9-12-3-6-19(7-4-12)10-13-5-8-22-11-13/h5,8,11-12,14H,1-4,6-7,9-10H2,(H,17,21)(H,18,20). The van der Waals surface area contributed by atoms with Gasteiger partial charge in [-0.05, 0) is 44.3 Å². The molecule has 22 heavy (non-hydrogen) atoms. The van der Waals surface area contributed by atoms with Gasteiger partial charge in [-0.15, -0.1) is 0 Å². The number of carbonyl (C=O) groups excluding carboxylic acids is 2. The summed E-state index contributed by atoms with van der Waals surface area (Å²) in [5.41, 5.74) is 1.21. The molecule has 1 aromatic heterocycles. The summed E-state index contributed by atoms with van der Waals surface area (Å²) in [6.07, 6.45) is 6.77. The van der Waals surface area contributed by atoms with Crippen LogP contribution in [0.25, 0.3) is 0 Å². The van der Waals surface area contributed by atoms with Gasteiger partial charge in [0, 0.05) is 25.1 Å². The lowest BCUT2D eigenvalue weighted by Gasteiger charge is -2.31. The van der Waals surface area contributed by atoms with E-state index < -0.39 is 0 Å². The minimum absolute atomic E-state index is 0.0206. The van der Waals surface area contributed by atoms with Gasteiger partial charge < -0.3 is 15.1 Å². The molecule has 6 nitrogen and oxygen atoms in total. The summed E-state index contributed by atoms with van der Waals surface area (Å²) in [6, 6.07) is 1.68. The average Bonchev–Trinajstić information content (AvgIpc) is 3.18. The van der Waals surface area contributed by atoms with E-state index in [1.165, 1.54) is 5.56 Å². The summed E-state index contributed by atoms with van der Waals surface area (Å²) in [4.78, 5) is 25.5. The molecule has 0 spiro atoms. The number of hydrogen-bond donors (Lipinski definition) is 2. The molecular formula is C16H23N3O3. The molecule has 0 radical (unpaired) electrons. The second kappa shape index (κ2) is 6.96. The SMILES string of the molecule is O=C1CCC(C(=O)NCC2CCN(Cc3ccoc3)CC2)N1. The number of amides is 2. The first-order valence-corrected chi connectivity index (χ1v) is 8.01. The van der Waals surface area contributed by atoms with Gasteiger partial charge in [0.15, 0.2) is 0 Å². The zero-order valence-corrected chi connectivity index (χ0v) is 12.7. The molecule has 1 unspecified atom stereocenters. The van der Waals surface area contributed by atoms with E-state index in [0.717, 1.165) is 32.5 Å². The third kappa shape index (κ3) is 3.88. The molecule has 3 rings (SSSR count). The summed E-state index contributed by atoms with van der Waals surface area (Å²) >= 11 is 0. The number of furan rings is 1. The van der Waals surface area contributed by atoms with Crippen LogP contribution in [-0.2, 0) is 16.1 Å². The van der Waals surface area contributed by atoms with Crippen LogP contribution in [0.3, 0.4) is 0 Å². The van der Waals surface area contributed by atoms with Gasteiger partial charge in [0.25, 0.3) is 0 Å². The van der Waals surface area contributed by atoms with Crippen LogP contribution in [0.2, 0.25) is 0 Å². The first-order chi connectivity index (χ1) is 10.7. The first kappa shape index (κ1) is 15.1. The molecule has 2 saturated heterocycles. The lowest BCUT2D eigenvalue weighted by atomic mass is 9.96. The van der Waals surface area contributed by atoms with Crippen LogP contribution >= 0.6 is 0 Å². The normalized spacial score (nSPS) is 23.5. The van der Waals surface area contributed by atoms with Gasteiger partial charge in [0.05, 0.1) is 12.5 Å². The topological polar surface area (TPSA) is 74.6 Å². The number of nitrogens with zero attached hydrogens (tertiary/aromatic N) is 1. The minimum Gasteiger partial charge on any atom is -0.472 e. The van der Waals surface area contributed by atoms with Gasteiger partial charge >= 0.3 is 0 Å². The van der Waals surface area contributed by atoms with Crippen LogP contribution < -0.4 is 10.6 Å². The van der Waals surface area contributed by atoms with Gasteiger partial charge in [-0.1, -0.05) is 0 Å². The van der Waals surface area contributed by atoms with E-state index in [9.17, 15) is 9.59 Å². The monoisotopic (exact) mass is 305 g/mol. The minimum atomic E-state index is -0.325. The Labute approximate surface area is 130 Å². The van der Waals surface area contributed by atoms with E-state index in [-0.39, 0.29) is 17.9 Å². The molecule has 2 fully saturated rings. The summed E-state index contributed by atoms with van der Waals surface area (Å²) in [6.45, 7) is 3.74. The molecule has 1 aromatic rings. The Kier molecular flexibility index (Phi) is 4.77. The molecule has 120 valence electrons. The molecule has 0 aliphatic carbocycles. The van der Waals surface area contributed by atoms with E-state index in [0.29, 0.717) is 25.3 Å². The Morgan fingerprint density at radius 1 is 1.36 bits per heavy atom. The van der Waals surface area contributed by atoms with Crippen LogP contribution in [-0.4, -0.2) is 42.4 Å². The number of likely N-dealkylation sites (tertiary alicyclic amines) is 1. The van der Waals surface area contributed by atoms with E-state index in [4.69, 9.17) is 4.42 Å². The highest BCUT2D eigenvalue weighted by Gasteiger charge is 2.28. The van der Waals surface area contributed by atoms with Crippen molar-refractivity contribution in [3.05, 3.63) is 24.2 Å². The van der Waals surface area contributed by atoms with Crippen LogP contribution in [0.5, 0.6) is 0 Å². The molecule has 0 saturated carbocycles. The zero-order chi connectivity index (χ0) is 15.4. The van der Waals surface area contributed by atoms with Crippen LogP contribution in [0.4, 0.5) is 0 Å². The predicted molar refractivity (Wildman–Crippen MR) is 80.9 cm³/mol. The van der Waals surface area contributed by atoms with Gasteiger partial charge in [0.2, 0.25) is 11.8 Å². The fourth-order valence-electron chi connectivity index (χ4n) is 3.17. The maximum atomic E-state index is 12.0. The predicted octanol–water partition coefficient (Wildman–Crippen LogP) is 0.886. The van der Waals surface area contributed by atoms with Gasteiger partial charge in [-0.25, -0.2) is 0 Å². The smallest absolute Gasteiger partial charge is 0.242 e. The van der Waals surface area contributed by atoms with Crippen molar-refractivity contribution in [3.63, 3.8) is 0 Å². The third-order valence-corrected chi connectivity index (χ3v) is 4.57. The zero-order valence-electron chi connectivity index (χ0n) is 12.7. The average molecular weight is 305 g/mol. The van der Waals surface area contributed by atoms with Crippen molar-refractivity contribution in [2.75, 3.05) is 19.6 Å². The number of rotatable bonds is 5. The molecule has 2 aliphatic rings. The lowest BCUT2D eigenvalue weighted by Crippen LogP contribution is -2.44. The van der Waals surface area contributed by atoms with Crippen molar-refractivity contribution in [2.45, 2.75) is 38.3 Å². The Balaban J connectivity index is 1.35. The van der Waals surface area contributed by atoms with Crippen molar-refractivity contribution >= 4 is 11.8 Å². The molecule has 2 amide bonds. The maximum Gasteiger partial charge on any atom is 0.242 e. The van der Waals surface area contributed by atoms with Gasteiger partial charge in [0.1, 0.15) is 6.04 Å².